The predicted octanol–water partition coefficient (Wildman–Crippen LogP) is 5.40. The monoisotopic (exact) mass is 441 g/mol. The summed E-state index contributed by atoms with van der Waals surface area (Å²) in [5.41, 5.74) is 10.0. The Kier molecular flexibility index (Phi) is 8.97. The highest BCUT2D eigenvalue weighted by atomic mass is 16.5. The molecule has 1 aliphatic heterocycles. The Morgan fingerprint density at radius 2 is 1.91 bits per heavy atom. The zero-order chi connectivity index (χ0) is 24.1. The highest BCUT2D eigenvalue weighted by molar-refractivity contribution is 6.07. The van der Waals surface area contributed by atoms with Crippen LogP contribution in [0.4, 0.5) is 5.69 Å². The Balaban J connectivity index is 2.29. The summed E-state index contributed by atoms with van der Waals surface area (Å²) in [6.07, 6.45) is 6.69. The van der Waals surface area contributed by atoms with Crippen molar-refractivity contribution in [2.24, 2.45) is 11.1 Å². The molecule has 1 aromatic carbocycles. The molecule has 0 amide bonds. The van der Waals surface area contributed by atoms with Crippen molar-refractivity contribution in [3.8, 4) is 5.75 Å². The minimum Gasteiger partial charge on any atom is -0.490 e. The molecule has 5 heteroatoms. The quantitative estimate of drug-likeness (QED) is 0.529. The van der Waals surface area contributed by atoms with Gasteiger partial charge >= 0.3 is 0 Å². The molecule has 1 heterocycles. The fourth-order valence-corrected chi connectivity index (χ4v) is 4.47. The van der Waals surface area contributed by atoms with Gasteiger partial charge in [0.05, 0.1) is 0 Å². The Bertz CT molecular complexity index is 850. The number of likely N-dealkylation sites (tertiary alicyclic amines) is 1. The van der Waals surface area contributed by atoms with Gasteiger partial charge in [-0.1, -0.05) is 27.7 Å². The number of anilines is 1. The highest BCUT2D eigenvalue weighted by Crippen LogP contribution is 2.32. The van der Waals surface area contributed by atoms with Crippen LogP contribution < -0.4 is 15.8 Å². The van der Waals surface area contributed by atoms with Crippen LogP contribution in [0.3, 0.4) is 0 Å². The summed E-state index contributed by atoms with van der Waals surface area (Å²) in [6.45, 7) is 16.6. The van der Waals surface area contributed by atoms with Gasteiger partial charge in [0.25, 0.3) is 0 Å². The summed E-state index contributed by atoms with van der Waals surface area (Å²) in [4.78, 5) is 15.4. The molecule has 0 radical (unpaired) electrons. The molecule has 32 heavy (non-hydrogen) atoms. The summed E-state index contributed by atoms with van der Waals surface area (Å²) >= 11 is 0. The van der Waals surface area contributed by atoms with Gasteiger partial charge in [-0.3, -0.25) is 4.79 Å². The number of rotatable bonds is 8. The second kappa shape index (κ2) is 11.0. The third kappa shape index (κ3) is 6.61. The number of nitrogens with two attached hydrogens (primary N) is 1. The molecule has 3 N–H and O–H groups in total. The van der Waals surface area contributed by atoms with E-state index in [9.17, 15) is 4.79 Å². The molecule has 1 aromatic rings. The summed E-state index contributed by atoms with van der Waals surface area (Å²) in [5, 5.41) is 3.26. The zero-order valence-corrected chi connectivity index (χ0v) is 21.3. The Morgan fingerprint density at radius 1 is 1.28 bits per heavy atom. The second-order valence-corrected chi connectivity index (χ2v) is 10.1. The minimum atomic E-state index is -0.308. The van der Waals surface area contributed by atoms with Crippen molar-refractivity contribution in [3.05, 3.63) is 40.6 Å². The van der Waals surface area contributed by atoms with Gasteiger partial charge in [-0.2, -0.15) is 0 Å². The SMILES string of the molecule is CCc1cc(NC)c(/C=C/C(=O)/C(=C(/C)N)C(C)(C)C)cc1OC1CCN(C(C)C)CC1. The second-order valence-electron chi connectivity index (χ2n) is 10.1. The normalized spacial score (nSPS) is 17.0. The van der Waals surface area contributed by atoms with Crippen LogP contribution in [0.5, 0.6) is 5.75 Å². The lowest BCUT2D eigenvalue weighted by atomic mass is 9.82. The molecule has 2 rings (SSSR count). The molecule has 1 fully saturated rings. The van der Waals surface area contributed by atoms with Crippen LogP contribution in [0.25, 0.3) is 6.08 Å². The molecular weight excluding hydrogens is 398 g/mol. The molecule has 178 valence electrons. The van der Waals surface area contributed by atoms with Crippen LogP contribution in [0.1, 0.15) is 72.4 Å². The predicted molar refractivity (Wildman–Crippen MR) is 136 cm³/mol. The van der Waals surface area contributed by atoms with Gasteiger partial charge in [0.1, 0.15) is 11.9 Å². The highest BCUT2D eigenvalue weighted by Gasteiger charge is 2.25. The van der Waals surface area contributed by atoms with Crippen molar-refractivity contribution in [1.82, 2.24) is 4.90 Å². The van der Waals surface area contributed by atoms with E-state index in [1.165, 1.54) is 5.56 Å². The number of piperidine rings is 1. The first-order valence-corrected chi connectivity index (χ1v) is 11.9. The summed E-state index contributed by atoms with van der Waals surface area (Å²) in [5.74, 6) is 0.867. The average Bonchev–Trinajstić information content (AvgIpc) is 2.71. The van der Waals surface area contributed by atoms with Crippen molar-refractivity contribution < 1.29 is 9.53 Å². The molecule has 1 saturated heterocycles. The van der Waals surface area contributed by atoms with Crippen LogP contribution in [-0.2, 0) is 11.2 Å². The first-order chi connectivity index (χ1) is 15.0. The lowest BCUT2D eigenvalue weighted by molar-refractivity contribution is -0.112. The lowest BCUT2D eigenvalue weighted by Crippen LogP contribution is -2.41. The van der Waals surface area contributed by atoms with E-state index in [1.807, 2.05) is 33.9 Å². The van der Waals surface area contributed by atoms with E-state index in [-0.39, 0.29) is 17.3 Å². The van der Waals surface area contributed by atoms with Crippen LogP contribution in [0.2, 0.25) is 0 Å². The number of ketones is 1. The molecule has 0 saturated carbocycles. The summed E-state index contributed by atoms with van der Waals surface area (Å²) < 4.78 is 6.49. The molecule has 0 spiro atoms. The average molecular weight is 442 g/mol. The van der Waals surface area contributed by atoms with Crippen LogP contribution in [0.15, 0.2) is 29.5 Å². The number of carbonyl (C=O) groups is 1. The molecule has 0 bridgehead atoms. The van der Waals surface area contributed by atoms with E-state index < -0.39 is 0 Å². The Hall–Kier alpha value is -2.27. The molecule has 0 aromatic heterocycles. The van der Waals surface area contributed by atoms with Gasteiger partial charge in [0.15, 0.2) is 5.78 Å². The third-order valence-electron chi connectivity index (χ3n) is 6.19. The van der Waals surface area contributed by atoms with Gasteiger partial charge in [-0.15, -0.1) is 0 Å². The number of hydrogen-bond donors (Lipinski definition) is 2. The maximum atomic E-state index is 12.9. The number of nitrogens with zero attached hydrogens (tertiary/aromatic N) is 1. The first kappa shape index (κ1) is 26.0. The number of benzene rings is 1. The summed E-state index contributed by atoms with van der Waals surface area (Å²) in [6, 6.07) is 4.78. The Labute approximate surface area is 195 Å². The Morgan fingerprint density at radius 3 is 2.38 bits per heavy atom. The third-order valence-corrected chi connectivity index (χ3v) is 6.19. The van der Waals surface area contributed by atoms with E-state index in [0.717, 1.165) is 49.4 Å². The van der Waals surface area contributed by atoms with Gasteiger partial charge in [0.2, 0.25) is 0 Å². The zero-order valence-electron chi connectivity index (χ0n) is 21.3. The fraction of sp³-hybridized carbons (Fsp3) is 0.593. The number of carbonyl (C=O) groups excluding carboxylic acids is 1. The molecule has 0 unspecified atom stereocenters. The van der Waals surface area contributed by atoms with Crippen molar-refractivity contribution in [2.75, 3.05) is 25.5 Å². The number of aryl methyl sites for hydroxylation is 1. The molecule has 1 aliphatic rings. The minimum absolute atomic E-state index is 0.0531. The maximum absolute atomic E-state index is 12.9. The van der Waals surface area contributed by atoms with Crippen molar-refractivity contribution in [3.63, 3.8) is 0 Å². The van der Waals surface area contributed by atoms with Crippen molar-refractivity contribution in [2.45, 2.75) is 79.9 Å². The standard InChI is InChI=1S/C27H43N3O2/c1-9-20-16-23(29-8)21(10-11-24(31)26(19(4)28)27(5,6)7)17-25(20)32-22-12-14-30(15-13-22)18(2)3/h10-11,16-18,22,29H,9,12-15,28H2,1-8H3/b11-10+,26-19+. The molecule has 0 aliphatic carbocycles. The first-order valence-electron chi connectivity index (χ1n) is 11.9. The van der Waals surface area contributed by atoms with E-state index in [1.54, 1.807) is 13.0 Å². The van der Waals surface area contributed by atoms with E-state index in [4.69, 9.17) is 10.5 Å². The van der Waals surface area contributed by atoms with Crippen LogP contribution in [-0.4, -0.2) is 43.0 Å². The number of allylic oxidation sites excluding steroid dienone is 3. The van der Waals surface area contributed by atoms with Gasteiger partial charge in [0, 0.05) is 48.7 Å². The number of hydrogen-bond acceptors (Lipinski definition) is 5. The summed E-state index contributed by atoms with van der Waals surface area (Å²) in [7, 11) is 1.90. The maximum Gasteiger partial charge on any atom is 0.184 e. The lowest BCUT2D eigenvalue weighted by Gasteiger charge is -2.35. The molecule has 0 atom stereocenters. The topological polar surface area (TPSA) is 67.6 Å². The van der Waals surface area contributed by atoms with Crippen molar-refractivity contribution in [1.29, 1.82) is 0 Å². The number of nitrogens with one attached hydrogen (secondary N) is 1. The fourth-order valence-electron chi connectivity index (χ4n) is 4.47. The molecule has 5 nitrogen and oxygen atoms in total. The van der Waals surface area contributed by atoms with E-state index in [0.29, 0.717) is 17.3 Å². The van der Waals surface area contributed by atoms with E-state index in [2.05, 4.69) is 43.1 Å². The largest absolute Gasteiger partial charge is 0.490 e. The van der Waals surface area contributed by atoms with Gasteiger partial charge in [-0.05, 0) is 75.3 Å². The number of ether oxygens (including phenoxy) is 1. The van der Waals surface area contributed by atoms with E-state index >= 15 is 0 Å². The molecular formula is C27H43N3O2. The van der Waals surface area contributed by atoms with Crippen LogP contribution >= 0.6 is 0 Å². The van der Waals surface area contributed by atoms with Crippen LogP contribution in [0, 0.1) is 5.41 Å². The van der Waals surface area contributed by atoms with Gasteiger partial charge in [-0.25, -0.2) is 0 Å². The van der Waals surface area contributed by atoms with Gasteiger partial charge < -0.3 is 20.7 Å². The smallest absolute Gasteiger partial charge is 0.184 e. The van der Waals surface area contributed by atoms with Crippen molar-refractivity contribution >= 4 is 17.5 Å².